The summed E-state index contributed by atoms with van der Waals surface area (Å²) in [4.78, 5) is 11.0. The molecule has 0 saturated heterocycles. The maximum absolute atomic E-state index is 5.51. The molecule has 50 heavy (non-hydrogen) atoms. The standard InChI is InChI=1S/C46H27N3S/c1-2-13-27(14-3-1)42-45-43(33-19-9-11-21-38(33)50-45)48-46(47-42)49-37-20-10-8-18-31(37)35-25-34-32-23-22-26-12-4-6-16-29(26)39(32)36-24-28-15-5-7-17-30(28)41(40(34)36)44(35)49/h1-23,25,36H,24H2. The molecule has 0 bridgehead atoms. The van der Waals surface area contributed by atoms with Crippen LogP contribution in [0.3, 0.4) is 0 Å². The monoisotopic (exact) mass is 653 g/mol. The van der Waals surface area contributed by atoms with E-state index in [1.165, 1.54) is 76.1 Å². The van der Waals surface area contributed by atoms with Crippen molar-refractivity contribution in [2.75, 3.05) is 0 Å². The lowest BCUT2D eigenvalue weighted by Gasteiger charge is -2.27. The average Bonchev–Trinajstić information content (AvgIpc) is 3.83. The van der Waals surface area contributed by atoms with Gasteiger partial charge in [-0.15, -0.1) is 11.3 Å². The van der Waals surface area contributed by atoms with E-state index in [4.69, 9.17) is 9.97 Å². The SMILES string of the molecule is c1ccc(-c2nc(-n3c4ccccc4c4cc5c6c(c43)-c3ccccc3CC6c3c-5ccc4ccccc34)nc3c2sc2ccccc23)cc1. The average molecular weight is 654 g/mol. The van der Waals surface area contributed by atoms with Gasteiger partial charge in [0.2, 0.25) is 5.95 Å². The molecule has 232 valence electrons. The van der Waals surface area contributed by atoms with Gasteiger partial charge in [0.1, 0.15) is 0 Å². The van der Waals surface area contributed by atoms with Crippen molar-refractivity contribution in [3.05, 3.63) is 162 Å². The minimum Gasteiger partial charge on any atom is -0.277 e. The van der Waals surface area contributed by atoms with Crippen LogP contribution >= 0.6 is 11.3 Å². The van der Waals surface area contributed by atoms with Crippen LogP contribution in [0.2, 0.25) is 0 Å². The lowest BCUT2D eigenvalue weighted by Crippen LogP contribution is -2.12. The Morgan fingerprint density at radius 2 is 1.34 bits per heavy atom. The molecular formula is C46H27N3S. The fraction of sp³-hybridized carbons (Fsp3) is 0.0435. The first-order valence-electron chi connectivity index (χ1n) is 17.3. The van der Waals surface area contributed by atoms with E-state index in [1.807, 2.05) is 0 Å². The van der Waals surface area contributed by atoms with E-state index in [9.17, 15) is 0 Å². The Bertz CT molecular complexity index is 3080. The normalized spacial score (nSPS) is 14.5. The third kappa shape index (κ3) is 3.43. The third-order valence-corrected chi connectivity index (χ3v) is 12.3. The van der Waals surface area contributed by atoms with Crippen LogP contribution in [0.15, 0.2) is 146 Å². The summed E-state index contributed by atoms with van der Waals surface area (Å²) >= 11 is 1.78. The van der Waals surface area contributed by atoms with Crippen LogP contribution in [0.25, 0.3) is 92.3 Å². The van der Waals surface area contributed by atoms with Crippen molar-refractivity contribution in [3.63, 3.8) is 0 Å². The maximum Gasteiger partial charge on any atom is 0.235 e. The van der Waals surface area contributed by atoms with Crippen LogP contribution in [0.1, 0.15) is 22.6 Å². The second kappa shape index (κ2) is 9.75. The molecule has 7 aromatic carbocycles. The molecule has 1 atom stereocenters. The molecule has 0 N–H and O–H groups in total. The van der Waals surface area contributed by atoms with Gasteiger partial charge in [0.25, 0.3) is 0 Å². The molecule has 3 nitrogen and oxygen atoms in total. The summed E-state index contributed by atoms with van der Waals surface area (Å²) in [6.45, 7) is 0. The summed E-state index contributed by atoms with van der Waals surface area (Å²) in [6, 6.07) is 53.2. The number of hydrogen-bond donors (Lipinski definition) is 0. The highest BCUT2D eigenvalue weighted by Gasteiger charge is 2.39. The zero-order valence-electron chi connectivity index (χ0n) is 26.9. The number of fused-ring (bicyclic) bond motifs is 14. The summed E-state index contributed by atoms with van der Waals surface area (Å²) < 4.78 is 4.72. The van der Waals surface area contributed by atoms with Crippen LogP contribution in [0.5, 0.6) is 0 Å². The van der Waals surface area contributed by atoms with Gasteiger partial charge in [-0.25, -0.2) is 9.97 Å². The predicted octanol–water partition coefficient (Wildman–Crippen LogP) is 12.1. The fourth-order valence-electron chi connectivity index (χ4n) is 9.09. The number of aromatic nitrogens is 3. The number of para-hydroxylation sites is 1. The van der Waals surface area contributed by atoms with Crippen LogP contribution in [0, 0.1) is 0 Å². The summed E-state index contributed by atoms with van der Waals surface area (Å²) in [7, 11) is 0. The lowest BCUT2D eigenvalue weighted by atomic mass is 9.76. The molecule has 0 amide bonds. The van der Waals surface area contributed by atoms with Crippen molar-refractivity contribution >= 4 is 64.2 Å². The van der Waals surface area contributed by atoms with E-state index in [-0.39, 0.29) is 5.92 Å². The van der Waals surface area contributed by atoms with Crippen LogP contribution in [-0.4, -0.2) is 14.5 Å². The van der Waals surface area contributed by atoms with E-state index < -0.39 is 0 Å². The van der Waals surface area contributed by atoms with E-state index >= 15 is 0 Å². The van der Waals surface area contributed by atoms with Gasteiger partial charge in [-0.3, -0.25) is 4.57 Å². The Hall–Kier alpha value is -6.10. The van der Waals surface area contributed by atoms with Gasteiger partial charge in [0.15, 0.2) is 0 Å². The van der Waals surface area contributed by atoms with Gasteiger partial charge in [-0.05, 0) is 68.8 Å². The molecule has 0 spiro atoms. The first-order chi connectivity index (χ1) is 24.8. The Morgan fingerprint density at radius 3 is 2.26 bits per heavy atom. The van der Waals surface area contributed by atoms with Crippen molar-refractivity contribution in [1.29, 1.82) is 0 Å². The van der Waals surface area contributed by atoms with E-state index in [0.29, 0.717) is 5.95 Å². The molecule has 1 unspecified atom stereocenters. The number of hydrogen-bond acceptors (Lipinski definition) is 3. The summed E-state index contributed by atoms with van der Waals surface area (Å²) in [5.74, 6) is 0.985. The molecule has 0 fully saturated rings. The highest BCUT2D eigenvalue weighted by molar-refractivity contribution is 7.26. The van der Waals surface area contributed by atoms with E-state index in [2.05, 4.69) is 150 Å². The van der Waals surface area contributed by atoms with Crippen LogP contribution in [0.4, 0.5) is 0 Å². The second-order valence-electron chi connectivity index (χ2n) is 13.6. The minimum atomic E-state index is 0.274. The quantitative estimate of drug-likeness (QED) is 0.186. The Morgan fingerprint density at radius 1 is 0.580 bits per heavy atom. The zero-order chi connectivity index (χ0) is 32.5. The minimum absolute atomic E-state index is 0.274. The first kappa shape index (κ1) is 26.8. The number of rotatable bonds is 2. The van der Waals surface area contributed by atoms with Gasteiger partial charge in [-0.1, -0.05) is 127 Å². The fourth-order valence-corrected chi connectivity index (χ4v) is 10.2. The van der Waals surface area contributed by atoms with Gasteiger partial charge < -0.3 is 0 Å². The van der Waals surface area contributed by atoms with Crippen molar-refractivity contribution < 1.29 is 0 Å². The largest absolute Gasteiger partial charge is 0.277 e. The second-order valence-corrected chi connectivity index (χ2v) is 14.7. The molecule has 4 heteroatoms. The van der Waals surface area contributed by atoms with Gasteiger partial charge in [0, 0.05) is 37.9 Å². The number of nitrogens with zero attached hydrogens (tertiary/aromatic N) is 3. The smallest absolute Gasteiger partial charge is 0.235 e. The highest BCUT2D eigenvalue weighted by Crippen LogP contribution is 2.58. The molecule has 0 saturated carbocycles. The van der Waals surface area contributed by atoms with Crippen LogP contribution in [-0.2, 0) is 6.42 Å². The number of benzene rings is 7. The summed E-state index contributed by atoms with van der Waals surface area (Å²) in [5, 5.41) is 6.29. The molecule has 12 rings (SSSR count). The molecule has 0 aliphatic heterocycles. The van der Waals surface area contributed by atoms with Gasteiger partial charge in [-0.2, -0.15) is 0 Å². The number of thiophene rings is 1. The molecular weight excluding hydrogens is 627 g/mol. The lowest BCUT2D eigenvalue weighted by molar-refractivity contribution is 0.822. The Balaban J connectivity index is 1.27. The molecule has 3 heterocycles. The summed E-state index contributed by atoms with van der Waals surface area (Å²) in [5.41, 5.74) is 15.1. The van der Waals surface area contributed by atoms with Crippen molar-refractivity contribution in [1.82, 2.24) is 14.5 Å². The molecule has 2 aliphatic carbocycles. The highest BCUT2D eigenvalue weighted by atomic mass is 32.1. The van der Waals surface area contributed by atoms with E-state index in [0.717, 1.165) is 33.4 Å². The van der Waals surface area contributed by atoms with E-state index in [1.54, 1.807) is 11.3 Å². The van der Waals surface area contributed by atoms with Crippen molar-refractivity contribution in [2.24, 2.45) is 0 Å². The topological polar surface area (TPSA) is 30.7 Å². The van der Waals surface area contributed by atoms with Crippen molar-refractivity contribution in [3.8, 4) is 39.5 Å². The van der Waals surface area contributed by atoms with Gasteiger partial charge in [0.05, 0.1) is 26.9 Å². The molecule has 3 aromatic heterocycles. The molecule has 10 aromatic rings. The summed E-state index contributed by atoms with van der Waals surface area (Å²) in [6.07, 6.45) is 0.990. The first-order valence-corrected chi connectivity index (χ1v) is 18.1. The van der Waals surface area contributed by atoms with Gasteiger partial charge >= 0.3 is 0 Å². The Labute approximate surface area is 291 Å². The zero-order valence-corrected chi connectivity index (χ0v) is 27.7. The maximum atomic E-state index is 5.51. The van der Waals surface area contributed by atoms with Crippen LogP contribution < -0.4 is 0 Å². The Kier molecular flexibility index (Phi) is 5.23. The molecule has 2 aliphatic rings. The molecule has 0 radical (unpaired) electrons. The predicted molar refractivity (Wildman–Crippen MR) is 209 cm³/mol. The van der Waals surface area contributed by atoms with Crippen molar-refractivity contribution in [2.45, 2.75) is 12.3 Å². The third-order valence-electron chi connectivity index (χ3n) is 11.1.